The first-order valence-electron chi connectivity index (χ1n) is 6.18. The number of aliphatic hydroxyl groups excluding tert-OH is 1. The van der Waals surface area contributed by atoms with E-state index in [-0.39, 0.29) is 16.3 Å². The second-order valence-electron chi connectivity index (χ2n) is 5.83. The van der Waals surface area contributed by atoms with E-state index < -0.39 is 6.10 Å². The third-order valence-electron chi connectivity index (χ3n) is 3.34. The zero-order chi connectivity index (χ0) is 13.3. The van der Waals surface area contributed by atoms with E-state index in [0.29, 0.717) is 6.42 Å². The van der Waals surface area contributed by atoms with Crippen LogP contribution in [0.3, 0.4) is 0 Å². The van der Waals surface area contributed by atoms with Gasteiger partial charge < -0.3 is 5.11 Å². The fourth-order valence-electron chi connectivity index (χ4n) is 2.69. The topological polar surface area (TPSA) is 20.2 Å². The Balaban J connectivity index is 2.21. The maximum atomic E-state index is 13.4. The summed E-state index contributed by atoms with van der Waals surface area (Å²) in [6, 6.07) is 4.86. The summed E-state index contributed by atoms with van der Waals surface area (Å²) in [5, 5.41) is 10.0. The first-order chi connectivity index (χ1) is 8.37. The van der Waals surface area contributed by atoms with Crippen molar-refractivity contribution in [3.63, 3.8) is 0 Å². The van der Waals surface area contributed by atoms with Crippen LogP contribution in [0, 0.1) is 11.2 Å². The van der Waals surface area contributed by atoms with Gasteiger partial charge in [-0.2, -0.15) is 0 Å². The number of benzene rings is 1. The summed E-state index contributed by atoms with van der Waals surface area (Å²) in [5.41, 5.74) is 2.00. The summed E-state index contributed by atoms with van der Waals surface area (Å²) in [4.78, 5) is 0. The Bertz CT molecular complexity index is 479. The van der Waals surface area contributed by atoms with Crippen molar-refractivity contribution in [2.75, 3.05) is 0 Å². The summed E-state index contributed by atoms with van der Waals surface area (Å²) in [5.74, 6) is -0.384. The Labute approximate surface area is 112 Å². The number of rotatable bonds is 2. The lowest BCUT2D eigenvalue weighted by molar-refractivity contribution is 0.138. The van der Waals surface area contributed by atoms with Crippen LogP contribution in [0.25, 0.3) is 0 Å². The van der Waals surface area contributed by atoms with Gasteiger partial charge in [0.1, 0.15) is 5.82 Å². The molecule has 0 heterocycles. The van der Waals surface area contributed by atoms with Gasteiger partial charge in [-0.15, -0.1) is 0 Å². The number of halogens is 2. The van der Waals surface area contributed by atoms with Gasteiger partial charge >= 0.3 is 0 Å². The Hall–Kier alpha value is -0.860. The van der Waals surface area contributed by atoms with Crippen LogP contribution in [0.5, 0.6) is 0 Å². The molecule has 0 saturated carbocycles. The lowest BCUT2D eigenvalue weighted by Gasteiger charge is -2.32. The van der Waals surface area contributed by atoms with Crippen LogP contribution in [0.2, 0.25) is 5.02 Å². The van der Waals surface area contributed by atoms with Gasteiger partial charge in [0.2, 0.25) is 0 Å². The molecule has 0 spiro atoms. The molecule has 0 amide bonds. The fraction of sp³-hybridized carbons (Fsp3) is 0.467. The molecule has 1 aromatic rings. The maximum Gasteiger partial charge on any atom is 0.142 e. The molecular weight excluding hydrogens is 251 g/mol. The van der Waals surface area contributed by atoms with Crippen LogP contribution in [0.4, 0.5) is 4.39 Å². The Morgan fingerprint density at radius 3 is 2.83 bits per heavy atom. The zero-order valence-electron chi connectivity index (χ0n) is 10.7. The summed E-state index contributed by atoms with van der Waals surface area (Å²) in [7, 11) is 0. The summed E-state index contributed by atoms with van der Waals surface area (Å²) < 4.78 is 13.4. The number of aliphatic hydroxyl groups is 1. The van der Waals surface area contributed by atoms with Crippen LogP contribution >= 0.6 is 11.6 Å². The van der Waals surface area contributed by atoms with Crippen molar-refractivity contribution >= 4 is 11.6 Å². The minimum absolute atomic E-state index is 0.0866. The van der Waals surface area contributed by atoms with E-state index in [1.165, 1.54) is 6.07 Å². The monoisotopic (exact) mass is 268 g/mol. The van der Waals surface area contributed by atoms with Crippen LogP contribution < -0.4 is 0 Å². The number of hydrogen-bond donors (Lipinski definition) is 1. The standard InChI is InChI=1S/C15H18ClFO/c1-15(2)8-10(7-12(18)9-15)6-11-4-3-5-13(17)14(11)16/h3-5,7,12,18H,6,8-9H2,1-2H3. The molecule has 1 aromatic carbocycles. The third kappa shape index (κ3) is 3.12. The smallest absolute Gasteiger partial charge is 0.142 e. The minimum Gasteiger partial charge on any atom is -0.389 e. The third-order valence-corrected chi connectivity index (χ3v) is 3.77. The molecule has 1 nitrogen and oxygen atoms in total. The summed E-state index contributed by atoms with van der Waals surface area (Å²) in [6.07, 6.45) is 3.77. The van der Waals surface area contributed by atoms with E-state index in [0.717, 1.165) is 24.0 Å². The van der Waals surface area contributed by atoms with Crippen molar-refractivity contribution in [3.05, 3.63) is 46.3 Å². The largest absolute Gasteiger partial charge is 0.389 e. The SMILES string of the molecule is CC1(C)CC(Cc2cccc(F)c2Cl)=CC(O)C1. The molecular formula is C15H18ClFO. The molecule has 0 saturated heterocycles. The van der Waals surface area contributed by atoms with E-state index in [1.807, 2.05) is 12.1 Å². The van der Waals surface area contributed by atoms with Crippen molar-refractivity contribution in [1.29, 1.82) is 0 Å². The van der Waals surface area contributed by atoms with E-state index in [4.69, 9.17) is 11.6 Å². The molecule has 1 atom stereocenters. The molecule has 1 aliphatic carbocycles. The van der Waals surface area contributed by atoms with Gasteiger partial charge in [0, 0.05) is 0 Å². The summed E-state index contributed by atoms with van der Waals surface area (Å²) in [6.45, 7) is 4.27. The first-order valence-corrected chi connectivity index (χ1v) is 6.56. The highest BCUT2D eigenvalue weighted by molar-refractivity contribution is 6.31. The second-order valence-corrected chi connectivity index (χ2v) is 6.21. The molecule has 1 aliphatic rings. The van der Waals surface area contributed by atoms with Crippen LogP contribution in [-0.2, 0) is 6.42 Å². The number of hydrogen-bond acceptors (Lipinski definition) is 1. The van der Waals surface area contributed by atoms with Gasteiger partial charge in [0.25, 0.3) is 0 Å². The van der Waals surface area contributed by atoms with Crippen molar-refractivity contribution in [2.24, 2.45) is 5.41 Å². The van der Waals surface area contributed by atoms with E-state index >= 15 is 0 Å². The Morgan fingerprint density at radius 1 is 1.44 bits per heavy atom. The first kappa shape index (κ1) is 13.6. The lowest BCUT2D eigenvalue weighted by atomic mass is 9.75. The molecule has 0 aromatic heterocycles. The van der Waals surface area contributed by atoms with Gasteiger partial charge in [-0.25, -0.2) is 4.39 Å². The highest BCUT2D eigenvalue weighted by atomic mass is 35.5. The fourth-order valence-corrected chi connectivity index (χ4v) is 2.89. The van der Waals surface area contributed by atoms with Gasteiger partial charge in [-0.1, -0.05) is 49.2 Å². The van der Waals surface area contributed by atoms with E-state index in [9.17, 15) is 9.50 Å². The quantitative estimate of drug-likeness (QED) is 0.800. The summed E-state index contributed by atoms with van der Waals surface area (Å²) >= 11 is 5.96. The number of allylic oxidation sites excluding steroid dienone is 1. The molecule has 2 rings (SSSR count). The van der Waals surface area contributed by atoms with Crippen molar-refractivity contribution in [3.8, 4) is 0 Å². The van der Waals surface area contributed by atoms with Gasteiger partial charge in [0.15, 0.2) is 0 Å². The predicted molar refractivity (Wildman–Crippen MR) is 72.2 cm³/mol. The Morgan fingerprint density at radius 2 is 2.17 bits per heavy atom. The molecule has 0 radical (unpaired) electrons. The predicted octanol–water partition coefficient (Wildman–Crippen LogP) is 4.13. The van der Waals surface area contributed by atoms with Gasteiger partial charge in [-0.3, -0.25) is 0 Å². The highest BCUT2D eigenvalue weighted by Gasteiger charge is 2.27. The highest BCUT2D eigenvalue weighted by Crippen LogP contribution is 2.37. The Kier molecular flexibility index (Phi) is 3.79. The molecule has 18 heavy (non-hydrogen) atoms. The van der Waals surface area contributed by atoms with Crippen molar-refractivity contribution < 1.29 is 9.50 Å². The van der Waals surface area contributed by atoms with Crippen molar-refractivity contribution in [1.82, 2.24) is 0 Å². The molecule has 0 aliphatic heterocycles. The zero-order valence-corrected chi connectivity index (χ0v) is 11.5. The van der Waals surface area contributed by atoms with Gasteiger partial charge in [-0.05, 0) is 36.3 Å². The van der Waals surface area contributed by atoms with E-state index in [2.05, 4.69) is 13.8 Å². The lowest BCUT2D eigenvalue weighted by Crippen LogP contribution is -2.25. The average molecular weight is 269 g/mol. The van der Waals surface area contributed by atoms with Crippen molar-refractivity contribution in [2.45, 2.75) is 39.2 Å². The van der Waals surface area contributed by atoms with E-state index in [1.54, 1.807) is 6.07 Å². The van der Waals surface area contributed by atoms with Crippen LogP contribution in [0.15, 0.2) is 29.8 Å². The molecule has 0 bridgehead atoms. The molecule has 3 heteroatoms. The van der Waals surface area contributed by atoms with Crippen LogP contribution in [0.1, 0.15) is 32.3 Å². The molecule has 0 fully saturated rings. The normalized spacial score (nSPS) is 22.7. The molecule has 98 valence electrons. The second kappa shape index (κ2) is 5.02. The molecule has 1 N–H and O–H groups in total. The van der Waals surface area contributed by atoms with Gasteiger partial charge in [0.05, 0.1) is 11.1 Å². The average Bonchev–Trinajstić information content (AvgIpc) is 2.22. The van der Waals surface area contributed by atoms with Crippen LogP contribution in [-0.4, -0.2) is 11.2 Å². The molecule has 1 unspecified atom stereocenters. The maximum absolute atomic E-state index is 13.4. The minimum atomic E-state index is -0.406.